The molecule has 122 valence electrons. The van der Waals surface area contributed by atoms with Crippen LogP contribution in [0.2, 0.25) is 0 Å². The van der Waals surface area contributed by atoms with E-state index in [9.17, 15) is 4.79 Å². The van der Waals surface area contributed by atoms with Crippen LogP contribution in [0.25, 0.3) is 10.9 Å². The number of carbonyl (C=O) groups excluding carboxylic acids is 1. The van der Waals surface area contributed by atoms with Crippen molar-refractivity contribution in [3.63, 3.8) is 0 Å². The smallest absolute Gasteiger partial charge is 0.254 e. The molecule has 23 heavy (non-hydrogen) atoms. The summed E-state index contributed by atoms with van der Waals surface area (Å²) >= 11 is 0. The molecule has 4 rings (SSSR count). The Morgan fingerprint density at radius 1 is 1.35 bits per heavy atom. The third kappa shape index (κ3) is 2.64. The summed E-state index contributed by atoms with van der Waals surface area (Å²) in [7, 11) is 1.71. The molecule has 5 heteroatoms. The molecule has 5 nitrogen and oxygen atoms in total. The van der Waals surface area contributed by atoms with E-state index >= 15 is 0 Å². The molecule has 2 saturated heterocycles. The summed E-state index contributed by atoms with van der Waals surface area (Å²) in [4.78, 5) is 18.1. The second kappa shape index (κ2) is 5.98. The number of fused-ring (bicyclic) bond motifs is 2. The summed E-state index contributed by atoms with van der Waals surface area (Å²) in [6, 6.07) is 8.06. The lowest BCUT2D eigenvalue weighted by Gasteiger charge is -2.35. The monoisotopic (exact) mass is 314 g/mol. The van der Waals surface area contributed by atoms with E-state index in [1.165, 1.54) is 0 Å². The highest BCUT2D eigenvalue weighted by Gasteiger charge is 2.42. The molecule has 3 atom stereocenters. The molecule has 0 spiro atoms. The molecular formula is C18H22N2O3. The Kier molecular flexibility index (Phi) is 3.83. The van der Waals surface area contributed by atoms with Gasteiger partial charge in [-0.1, -0.05) is 0 Å². The van der Waals surface area contributed by atoms with E-state index < -0.39 is 0 Å². The van der Waals surface area contributed by atoms with Gasteiger partial charge in [-0.3, -0.25) is 4.79 Å². The Labute approximate surface area is 135 Å². The van der Waals surface area contributed by atoms with Gasteiger partial charge in [0.1, 0.15) is 0 Å². The number of nitrogens with one attached hydrogen (secondary N) is 1. The zero-order valence-corrected chi connectivity index (χ0v) is 13.3. The first kappa shape index (κ1) is 14.7. The van der Waals surface area contributed by atoms with Crippen molar-refractivity contribution >= 4 is 16.8 Å². The van der Waals surface area contributed by atoms with Gasteiger partial charge in [0, 0.05) is 36.3 Å². The van der Waals surface area contributed by atoms with Crippen molar-refractivity contribution in [1.29, 1.82) is 0 Å². The molecule has 1 aromatic carbocycles. The predicted molar refractivity (Wildman–Crippen MR) is 87.5 cm³/mol. The summed E-state index contributed by atoms with van der Waals surface area (Å²) in [5.41, 5.74) is 1.82. The van der Waals surface area contributed by atoms with E-state index in [2.05, 4.69) is 4.98 Å². The summed E-state index contributed by atoms with van der Waals surface area (Å²) in [6.45, 7) is 1.42. The highest BCUT2D eigenvalue weighted by molar-refractivity contribution is 5.98. The van der Waals surface area contributed by atoms with Gasteiger partial charge in [0.25, 0.3) is 5.91 Å². The maximum absolute atomic E-state index is 12.9. The van der Waals surface area contributed by atoms with Crippen LogP contribution < -0.4 is 0 Å². The second-order valence-corrected chi connectivity index (χ2v) is 6.46. The Bertz CT molecular complexity index is 711. The summed E-state index contributed by atoms with van der Waals surface area (Å²) in [5, 5.41) is 1.08. The maximum Gasteiger partial charge on any atom is 0.254 e. The van der Waals surface area contributed by atoms with Gasteiger partial charge < -0.3 is 19.4 Å². The SMILES string of the molecule is COC[C@@H]1CCC2C(CCN2C(=O)c2ccc3[nH]ccc3c2)O1. The number of ether oxygens (including phenoxy) is 2. The van der Waals surface area contributed by atoms with Crippen molar-refractivity contribution < 1.29 is 14.3 Å². The fraction of sp³-hybridized carbons (Fsp3) is 0.500. The van der Waals surface area contributed by atoms with Crippen LogP contribution in [0.15, 0.2) is 30.5 Å². The van der Waals surface area contributed by atoms with E-state index in [0.29, 0.717) is 6.61 Å². The minimum atomic E-state index is 0.120. The standard InChI is InChI=1S/C18H22N2O3/c1-22-11-14-3-5-16-17(23-14)7-9-20(16)18(21)13-2-4-15-12(10-13)6-8-19-15/h2,4,6,8,10,14,16-17,19H,3,5,7,9,11H2,1H3/t14-,16?,17?/m0/s1. The highest BCUT2D eigenvalue weighted by atomic mass is 16.5. The summed E-state index contributed by atoms with van der Waals surface area (Å²) in [6.07, 6.45) is 5.10. The number of aromatic amines is 1. The molecule has 0 saturated carbocycles. The number of H-pyrrole nitrogens is 1. The fourth-order valence-electron chi connectivity index (χ4n) is 3.91. The summed E-state index contributed by atoms with van der Waals surface area (Å²) in [5.74, 6) is 0.120. The molecule has 2 aliphatic rings. The predicted octanol–water partition coefficient (Wildman–Crippen LogP) is 2.58. The Morgan fingerprint density at radius 2 is 2.26 bits per heavy atom. The van der Waals surface area contributed by atoms with Crippen LogP contribution >= 0.6 is 0 Å². The maximum atomic E-state index is 12.9. The number of hydrogen-bond donors (Lipinski definition) is 1. The van der Waals surface area contributed by atoms with E-state index in [4.69, 9.17) is 9.47 Å². The summed E-state index contributed by atoms with van der Waals surface area (Å²) < 4.78 is 11.3. The average Bonchev–Trinajstić information content (AvgIpc) is 3.20. The van der Waals surface area contributed by atoms with Crippen LogP contribution in [0.1, 0.15) is 29.6 Å². The third-order valence-electron chi connectivity index (χ3n) is 5.05. The molecule has 1 aromatic heterocycles. The number of benzene rings is 1. The zero-order valence-electron chi connectivity index (χ0n) is 13.3. The van der Waals surface area contributed by atoms with Crippen molar-refractivity contribution in [2.75, 3.05) is 20.3 Å². The third-order valence-corrected chi connectivity index (χ3v) is 5.05. The van der Waals surface area contributed by atoms with Crippen molar-refractivity contribution in [2.24, 2.45) is 0 Å². The molecule has 1 N–H and O–H groups in total. The average molecular weight is 314 g/mol. The van der Waals surface area contributed by atoms with Crippen LogP contribution in [0.4, 0.5) is 0 Å². The van der Waals surface area contributed by atoms with Crippen LogP contribution in [0.3, 0.4) is 0 Å². The van der Waals surface area contributed by atoms with Crippen LogP contribution in [0.5, 0.6) is 0 Å². The molecule has 2 aliphatic heterocycles. The van der Waals surface area contributed by atoms with Gasteiger partial charge >= 0.3 is 0 Å². The molecule has 0 radical (unpaired) electrons. The van der Waals surface area contributed by atoms with Gasteiger partial charge in [-0.15, -0.1) is 0 Å². The Morgan fingerprint density at radius 3 is 3.13 bits per heavy atom. The van der Waals surface area contributed by atoms with Crippen LogP contribution in [-0.2, 0) is 9.47 Å². The number of hydrogen-bond acceptors (Lipinski definition) is 3. The lowest BCUT2D eigenvalue weighted by molar-refractivity contribution is -0.0902. The van der Waals surface area contributed by atoms with Crippen LogP contribution in [-0.4, -0.2) is 54.3 Å². The number of likely N-dealkylation sites (tertiary alicyclic amines) is 1. The van der Waals surface area contributed by atoms with E-state index in [0.717, 1.165) is 42.3 Å². The normalized spacial score (nSPS) is 27.3. The fourth-order valence-corrected chi connectivity index (χ4v) is 3.91. The molecule has 0 aliphatic carbocycles. The van der Waals surface area contributed by atoms with Gasteiger partial charge in [-0.25, -0.2) is 0 Å². The zero-order chi connectivity index (χ0) is 15.8. The van der Waals surface area contributed by atoms with Gasteiger partial charge in [0.05, 0.1) is 24.9 Å². The first-order valence-corrected chi connectivity index (χ1v) is 8.29. The molecule has 0 bridgehead atoms. The number of rotatable bonds is 3. The van der Waals surface area contributed by atoms with Crippen molar-refractivity contribution in [3.8, 4) is 0 Å². The molecule has 2 fully saturated rings. The topological polar surface area (TPSA) is 54.6 Å². The Hall–Kier alpha value is -1.85. The molecule has 2 aromatic rings. The minimum absolute atomic E-state index is 0.120. The Balaban J connectivity index is 1.51. The molecule has 2 unspecified atom stereocenters. The van der Waals surface area contributed by atoms with Gasteiger partial charge in [0.2, 0.25) is 0 Å². The lowest BCUT2D eigenvalue weighted by atomic mass is 9.99. The number of aromatic nitrogens is 1. The van der Waals surface area contributed by atoms with E-state index in [1.54, 1.807) is 7.11 Å². The van der Waals surface area contributed by atoms with E-state index in [-0.39, 0.29) is 24.2 Å². The first-order valence-electron chi connectivity index (χ1n) is 8.29. The highest BCUT2D eigenvalue weighted by Crippen LogP contribution is 2.32. The van der Waals surface area contributed by atoms with E-state index in [1.807, 2.05) is 35.4 Å². The quantitative estimate of drug-likeness (QED) is 0.947. The number of amides is 1. The number of methoxy groups -OCH3 is 1. The molecule has 3 heterocycles. The minimum Gasteiger partial charge on any atom is -0.382 e. The lowest BCUT2D eigenvalue weighted by Crippen LogP contribution is -2.45. The van der Waals surface area contributed by atoms with Gasteiger partial charge in [-0.05, 0) is 43.5 Å². The van der Waals surface area contributed by atoms with Crippen molar-refractivity contribution in [3.05, 3.63) is 36.0 Å². The number of nitrogens with zero attached hydrogens (tertiary/aromatic N) is 1. The largest absolute Gasteiger partial charge is 0.382 e. The number of carbonyl (C=O) groups is 1. The first-order chi connectivity index (χ1) is 11.3. The van der Waals surface area contributed by atoms with Crippen molar-refractivity contribution in [2.45, 2.75) is 37.5 Å². The molecule has 1 amide bonds. The van der Waals surface area contributed by atoms with Gasteiger partial charge in [-0.2, -0.15) is 0 Å². The van der Waals surface area contributed by atoms with Crippen LogP contribution in [0, 0.1) is 0 Å². The second-order valence-electron chi connectivity index (χ2n) is 6.46. The molecular weight excluding hydrogens is 292 g/mol. The van der Waals surface area contributed by atoms with Crippen molar-refractivity contribution in [1.82, 2.24) is 9.88 Å². The van der Waals surface area contributed by atoms with Gasteiger partial charge in [0.15, 0.2) is 0 Å².